The van der Waals surface area contributed by atoms with Gasteiger partial charge in [0.2, 0.25) is 0 Å². The number of aromatic nitrogens is 2. The van der Waals surface area contributed by atoms with Crippen LogP contribution < -0.4 is 10.9 Å². The smallest absolute Gasteiger partial charge is 0.269 e. The summed E-state index contributed by atoms with van der Waals surface area (Å²) in [6, 6.07) is 20.1. The summed E-state index contributed by atoms with van der Waals surface area (Å²) in [7, 11) is 0. The first-order valence-corrected chi connectivity index (χ1v) is 13.0. The molecule has 1 aliphatic rings. The maximum absolute atomic E-state index is 13.6. The van der Waals surface area contributed by atoms with Gasteiger partial charge in [-0.05, 0) is 84.8 Å². The molecule has 5 nitrogen and oxygen atoms in total. The van der Waals surface area contributed by atoms with Crippen molar-refractivity contribution in [2.24, 2.45) is 0 Å². The van der Waals surface area contributed by atoms with Gasteiger partial charge in [-0.3, -0.25) is 9.59 Å². The molecule has 2 aromatic carbocycles. The molecule has 0 bridgehead atoms. The van der Waals surface area contributed by atoms with Gasteiger partial charge in [-0.15, -0.1) is 0 Å². The highest BCUT2D eigenvalue weighted by Crippen LogP contribution is 2.41. The predicted molar refractivity (Wildman–Crippen MR) is 149 cm³/mol. The minimum absolute atomic E-state index is 0.132. The molecule has 1 amide bonds. The monoisotopic (exact) mass is 543 g/mol. The maximum atomic E-state index is 13.6. The van der Waals surface area contributed by atoms with E-state index in [1.165, 1.54) is 0 Å². The highest BCUT2D eigenvalue weighted by atomic mass is 79.9. The summed E-state index contributed by atoms with van der Waals surface area (Å²) in [5.74, 6) is -0.138. The van der Waals surface area contributed by atoms with Gasteiger partial charge in [0.25, 0.3) is 11.5 Å². The van der Waals surface area contributed by atoms with Crippen molar-refractivity contribution < 1.29 is 4.79 Å². The number of nitrogens with zero attached hydrogens (tertiary/aromatic N) is 1. The molecule has 2 N–H and O–H groups in total. The second-order valence-electron chi connectivity index (χ2n) is 10.5. The molecule has 5 rings (SSSR count). The van der Waals surface area contributed by atoms with Crippen molar-refractivity contribution in [1.29, 1.82) is 0 Å². The second kappa shape index (κ2) is 9.25. The molecular formula is C30H30BrN3O2. The second-order valence-corrected chi connectivity index (χ2v) is 11.3. The highest BCUT2D eigenvalue weighted by molar-refractivity contribution is 9.10. The van der Waals surface area contributed by atoms with E-state index in [2.05, 4.69) is 55.9 Å². The van der Waals surface area contributed by atoms with Crippen molar-refractivity contribution in [2.45, 2.75) is 52.6 Å². The average molecular weight is 544 g/mol. The largest absolute Gasteiger partial charge is 0.346 e. The Hall–Kier alpha value is -3.38. The van der Waals surface area contributed by atoms with Gasteiger partial charge in [0, 0.05) is 17.6 Å². The number of aryl methyl sites for hydroxylation is 2. The van der Waals surface area contributed by atoms with Crippen LogP contribution in [0.25, 0.3) is 22.5 Å². The molecular weight excluding hydrogens is 514 g/mol. The van der Waals surface area contributed by atoms with Crippen molar-refractivity contribution >= 4 is 21.8 Å². The van der Waals surface area contributed by atoms with Gasteiger partial charge in [0.15, 0.2) is 0 Å². The average Bonchev–Trinajstić information content (AvgIpc) is 3.10. The Morgan fingerprint density at radius 2 is 1.81 bits per heavy atom. The molecule has 1 aliphatic carbocycles. The molecule has 2 aromatic heterocycles. The zero-order valence-corrected chi connectivity index (χ0v) is 22.6. The third kappa shape index (κ3) is 4.58. The van der Waals surface area contributed by atoms with Crippen LogP contribution in [0.4, 0.5) is 0 Å². The van der Waals surface area contributed by atoms with Crippen molar-refractivity contribution in [2.75, 3.05) is 0 Å². The number of aromatic amines is 1. The Labute approximate surface area is 219 Å². The molecule has 0 radical (unpaired) electrons. The SMILES string of the molecule is Cc1cccc(Cn2c(C(=O)NC(C)(C)C)c(Br)c3c2-c2[nH]c(=O)c(-c4ccccc4)cc2CC3)c1. The number of H-pyrrole nitrogens is 1. The number of pyridine rings is 1. The number of halogens is 1. The molecule has 0 aliphatic heterocycles. The quantitative estimate of drug-likeness (QED) is 0.319. The fraction of sp³-hybridized carbons (Fsp3) is 0.267. The van der Waals surface area contributed by atoms with Crippen molar-refractivity contribution in [1.82, 2.24) is 14.9 Å². The number of hydrogen-bond acceptors (Lipinski definition) is 2. The van der Waals surface area contributed by atoms with Gasteiger partial charge in [0.1, 0.15) is 5.69 Å². The van der Waals surface area contributed by atoms with E-state index < -0.39 is 0 Å². The van der Waals surface area contributed by atoms with E-state index in [1.807, 2.05) is 63.2 Å². The van der Waals surface area contributed by atoms with Crippen LogP contribution in [-0.2, 0) is 19.4 Å². The molecule has 4 aromatic rings. The number of fused-ring (bicyclic) bond motifs is 3. The Kier molecular flexibility index (Phi) is 6.25. The summed E-state index contributed by atoms with van der Waals surface area (Å²) in [5, 5.41) is 3.13. The lowest BCUT2D eigenvalue weighted by Gasteiger charge is -2.23. The molecule has 36 heavy (non-hydrogen) atoms. The number of hydrogen-bond donors (Lipinski definition) is 2. The van der Waals surface area contributed by atoms with Crippen LogP contribution in [-0.4, -0.2) is 21.0 Å². The summed E-state index contributed by atoms with van der Waals surface area (Å²) >= 11 is 3.77. The van der Waals surface area contributed by atoms with Crippen LogP contribution >= 0.6 is 15.9 Å². The van der Waals surface area contributed by atoms with E-state index >= 15 is 0 Å². The van der Waals surface area contributed by atoms with E-state index in [4.69, 9.17) is 0 Å². The van der Waals surface area contributed by atoms with Gasteiger partial charge in [-0.25, -0.2) is 0 Å². The zero-order chi connectivity index (χ0) is 25.6. The molecule has 0 saturated heterocycles. The fourth-order valence-electron chi connectivity index (χ4n) is 5.00. The lowest BCUT2D eigenvalue weighted by atomic mass is 9.92. The lowest BCUT2D eigenvalue weighted by molar-refractivity contribution is 0.0909. The Morgan fingerprint density at radius 3 is 2.50 bits per heavy atom. The molecule has 0 fully saturated rings. The van der Waals surface area contributed by atoms with Crippen LogP contribution in [0.5, 0.6) is 0 Å². The third-order valence-electron chi connectivity index (χ3n) is 6.51. The summed E-state index contributed by atoms with van der Waals surface area (Å²) in [5.41, 5.74) is 7.72. The zero-order valence-electron chi connectivity index (χ0n) is 21.0. The van der Waals surface area contributed by atoms with Crippen molar-refractivity contribution in [3.05, 3.63) is 103 Å². The van der Waals surface area contributed by atoms with Crippen LogP contribution in [0.1, 0.15) is 53.5 Å². The number of carbonyl (C=O) groups excluding carboxylic acids is 1. The molecule has 2 heterocycles. The molecule has 0 unspecified atom stereocenters. The van der Waals surface area contributed by atoms with E-state index in [-0.39, 0.29) is 17.0 Å². The first-order chi connectivity index (χ1) is 17.1. The molecule has 0 spiro atoms. The summed E-state index contributed by atoms with van der Waals surface area (Å²) in [6.45, 7) is 8.51. The minimum Gasteiger partial charge on any atom is -0.346 e. The van der Waals surface area contributed by atoms with Gasteiger partial charge in [0.05, 0.1) is 15.9 Å². The lowest BCUT2D eigenvalue weighted by Crippen LogP contribution is -2.41. The first kappa shape index (κ1) is 24.3. The normalized spacial score (nSPS) is 12.7. The van der Waals surface area contributed by atoms with Gasteiger partial charge in [-0.2, -0.15) is 0 Å². The number of nitrogens with one attached hydrogen (secondary N) is 2. The third-order valence-corrected chi connectivity index (χ3v) is 7.37. The van der Waals surface area contributed by atoms with Crippen LogP contribution in [0, 0.1) is 6.92 Å². The van der Waals surface area contributed by atoms with Crippen molar-refractivity contribution in [3.63, 3.8) is 0 Å². The number of amides is 1. The van der Waals surface area contributed by atoms with E-state index in [0.29, 0.717) is 17.8 Å². The van der Waals surface area contributed by atoms with E-state index in [1.54, 1.807) is 0 Å². The van der Waals surface area contributed by atoms with E-state index in [0.717, 1.165) is 56.5 Å². The summed E-state index contributed by atoms with van der Waals surface area (Å²) in [6.07, 6.45) is 1.56. The fourth-order valence-corrected chi connectivity index (χ4v) is 5.78. The van der Waals surface area contributed by atoms with E-state index in [9.17, 15) is 9.59 Å². The number of carbonyl (C=O) groups is 1. The summed E-state index contributed by atoms with van der Waals surface area (Å²) in [4.78, 5) is 30.0. The van der Waals surface area contributed by atoms with Crippen LogP contribution in [0.2, 0.25) is 0 Å². The van der Waals surface area contributed by atoms with Crippen molar-refractivity contribution in [3.8, 4) is 22.5 Å². The molecule has 0 atom stereocenters. The van der Waals surface area contributed by atoms with Gasteiger partial charge in [-0.1, -0.05) is 60.2 Å². The van der Waals surface area contributed by atoms with Gasteiger partial charge >= 0.3 is 0 Å². The highest BCUT2D eigenvalue weighted by Gasteiger charge is 2.32. The molecule has 0 saturated carbocycles. The topological polar surface area (TPSA) is 66.9 Å². The molecule has 6 heteroatoms. The molecule has 184 valence electrons. The maximum Gasteiger partial charge on any atom is 0.269 e. The summed E-state index contributed by atoms with van der Waals surface area (Å²) < 4.78 is 2.86. The Morgan fingerprint density at radius 1 is 1.06 bits per heavy atom. The van der Waals surface area contributed by atoms with Crippen LogP contribution in [0.3, 0.4) is 0 Å². The predicted octanol–water partition coefficient (Wildman–Crippen LogP) is 6.26. The van der Waals surface area contributed by atoms with Crippen LogP contribution in [0.15, 0.2) is 69.9 Å². The van der Waals surface area contributed by atoms with Gasteiger partial charge < -0.3 is 14.9 Å². The number of rotatable bonds is 4. The standard InChI is InChI=1S/C30H30BrN3O2/c1-18-9-8-10-19(15-18)17-34-26-22(24(31)27(34)29(36)33-30(2,3)4)14-13-21-16-23(28(35)32-25(21)26)20-11-6-5-7-12-20/h5-12,15-16H,13-14,17H2,1-4H3,(H,32,35)(H,33,36). The Bertz CT molecular complexity index is 1520. The minimum atomic E-state index is -0.383. The first-order valence-electron chi connectivity index (χ1n) is 12.2. The number of benzene rings is 2. The Balaban J connectivity index is 1.72.